The molecule has 3 aliphatic carbocycles. The third-order valence-corrected chi connectivity index (χ3v) is 7.54. The van der Waals surface area contributed by atoms with E-state index in [1.165, 1.54) is 25.7 Å². The van der Waals surface area contributed by atoms with Gasteiger partial charge >= 0.3 is 0 Å². The van der Waals surface area contributed by atoms with Gasteiger partial charge < -0.3 is 19.3 Å². The first-order valence-electron chi connectivity index (χ1n) is 12.2. The first-order chi connectivity index (χ1) is 14.7. The number of hydrogen-bond acceptors (Lipinski definition) is 4. The lowest BCUT2D eigenvalue weighted by molar-refractivity contribution is -0.144. The Bertz CT molecular complexity index is 497. The van der Waals surface area contributed by atoms with E-state index in [0.717, 1.165) is 44.9 Å². The van der Waals surface area contributed by atoms with Crippen molar-refractivity contribution in [2.45, 2.75) is 89.1 Å². The molecule has 0 aromatic rings. The van der Waals surface area contributed by atoms with Crippen LogP contribution in [0.25, 0.3) is 0 Å². The van der Waals surface area contributed by atoms with Crippen molar-refractivity contribution in [3.63, 3.8) is 0 Å². The molecule has 6 heteroatoms. The number of ether oxygens (including phenoxy) is 2. The van der Waals surface area contributed by atoms with Crippen molar-refractivity contribution in [2.24, 2.45) is 11.8 Å². The molecule has 3 saturated carbocycles. The highest BCUT2D eigenvalue weighted by Gasteiger charge is 2.38. The number of carbonyl (C=O) groups is 2. The van der Waals surface area contributed by atoms with Crippen molar-refractivity contribution in [1.82, 2.24) is 9.80 Å². The smallest absolute Gasteiger partial charge is 0.226 e. The first kappa shape index (κ1) is 23.5. The second-order valence-corrected chi connectivity index (χ2v) is 9.49. The van der Waals surface area contributed by atoms with E-state index >= 15 is 0 Å². The Morgan fingerprint density at radius 2 is 1.07 bits per heavy atom. The molecule has 30 heavy (non-hydrogen) atoms. The third-order valence-electron chi connectivity index (χ3n) is 7.54. The van der Waals surface area contributed by atoms with E-state index in [1.54, 1.807) is 14.2 Å². The molecule has 0 aromatic heterocycles. The molecule has 2 atom stereocenters. The molecule has 2 amide bonds. The number of carbonyl (C=O) groups excluding carboxylic acids is 2. The summed E-state index contributed by atoms with van der Waals surface area (Å²) in [7, 11) is 3.40. The van der Waals surface area contributed by atoms with Gasteiger partial charge in [0.05, 0.1) is 13.2 Å². The van der Waals surface area contributed by atoms with Gasteiger partial charge in [-0.3, -0.25) is 9.59 Å². The molecule has 3 fully saturated rings. The molecule has 0 N–H and O–H groups in total. The molecule has 2 unspecified atom stereocenters. The van der Waals surface area contributed by atoms with Gasteiger partial charge in [-0.25, -0.2) is 0 Å². The van der Waals surface area contributed by atoms with Crippen molar-refractivity contribution in [3.8, 4) is 0 Å². The molecular formula is C24H42N2O4. The average Bonchev–Trinajstić information content (AvgIpc) is 3.49. The second kappa shape index (κ2) is 12.0. The predicted octanol–water partition coefficient (Wildman–Crippen LogP) is 3.63. The summed E-state index contributed by atoms with van der Waals surface area (Å²) >= 11 is 0. The van der Waals surface area contributed by atoms with Gasteiger partial charge in [0.2, 0.25) is 11.8 Å². The minimum atomic E-state index is -0.0157. The van der Waals surface area contributed by atoms with Crippen molar-refractivity contribution >= 4 is 11.8 Å². The molecule has 0 heterocycles. The van der Waals surface area contributed by atoms with E-state index in [1.807, 2.05) is 0 Å². The van der Waals surface area contributed by atoms with Crippen LogP contribution in [0.2, 0.25) is 0 Å². The number of amides is 2. The molecule has 3 aliphatic rings. The Morgan fingerprint density at radius 3 is 1.43 bits per heavy atom. The molecule has 0 bridgehead atoms. The zero-order chi connectivity index (χ0) is 21.3. The minimum absolute atomic E-state index is 0.0157. The van der Waals surface area contributed by atoms with Crippen molar-refractivity contribution in [1.29, 1.82) is 0 Å². The van der Waals surface area contributed by atoms with Gasteiger partial charge in [-0.05, 0) is 44.9 Å². The lowest BCUT2D eigenvalue weighted by atomic mass is 9.79. The molecule has 0 aliphatic heterocycles. The standard InChI is InChI=1S/C24H42N2O4/c1-29-16-14-25(21-10-3-4-11-21)23(27)19-8-7-9-20(18-19)24(28)26(15-17-30-2)22-12-5-6-13-22/h19-22H,3-18H2,1-2H3. The fourth-order valence-corrected chi connectivity index (χ4v) is 5.86. The topological polar surface area (TPSA) is 59.1 Å². The molecule has 0 radical (unpaired) electrons. The zero-order valence-corrected chi connectivity index (χ0v) is 19.2. The number of nitrogens with zero attached hydrogens (tertiary/aromatic N) is 2. The van der Waals surface area contributed by atoms with Crippen LogP contribution in [0.3, 0.4) is 0 Å². The molecule has 0 saturated heterocycles. The van der Waals surface area contributed by atoms with Crippen LogP contribution in [-0.4, -0.2) is 74.2 Å². The highest BCUT2D eigenvalue weighted by Crippen LogP contribution is 2.35. The maximum absolute atomic E-state index is 13.5. The lowest BCUT2D eigenvalue weighted by Crippen LogP contribution is -2.48. The van der Waals surface area contributed by atoms with Crippen molar-refractivity contribution in [3.05, 3.63) is 0 Å². The Kier molecular flexibility index (Phi) is 9.44. The summed E-state index contributed by atoms with van der Waals surface area (Å²) in [5.74, 6) is 0.498. The van der Waals surface area contributed by atoms with Gasteiger partial charge in [0.15, 0.2) is 0 Å². The Labute approximate surface area is 182 Å². The van der Waals surface area contributed by atoms with E-state index in [2.05, 4.69) is 9.80 Å². The largest absolute Gasteiger partial charge is 0.383 e. The molecule has 3 rings (SSSR count). The molecule has 6 nitrogen and oxygen atoms in total. The van der Waals surface area contributed by atoms with Crippen LogP contribution in [0, 0.1) is 11.8 Å². The van der Waals surface area contributed by atoms with Crippen LogP contribution < -0.4 is 0 Å². The normalized spacial score (nSPS) is 25.5. The maximum Gasteiger partial charge on any atom is 0.226 e. The van der Waals surface area contributed by atoms with Crippen molar-refractivity contribution in [2.75, 3.05) is 40.5 Å². The minimum Gasteiger partial charge on any atom is -0.383 e. The summed E-state index contributed by atoms with van der Waals surface area (Å²) in [6.07, 6.45) is 12.8. The van der Waals surface area contributed by atoms with Crippen LogP contribution in [0.15, 0.2) is 0 Å². The highest BCUT2D eigenvalue weighted by atomic mass is 16.5. The summed E-state index contributed by atoms with van der Waals surface area (Å²) in [6, 6.07) is 0.723. The highest BCUT2D eigenvalue weighted by molar-refractivity contribution is 5.83. The predicted molar refractivity (Wildman–Crippen MR) is 117 cm³/mol. The van der Waals surface area contributed by atoms with Gasteiger partial charge in [-0.2, -0.15) is 0 Å². The van der Waals surface area contributed by atoms with Crippen LogP contribution in [0.1, 0.15) is 77.0 Å². The van der Waals surface area contributed by atoms with Crippen LogP contribution in [0.5, 0.6) is 0 Å². The Hall–Kier alpha value is -1.14. The lowest BCUT2D eigenvalue weighted by Gasteiger charge is -2.38. The van der Waals surface area contributed by atoms with Crippen LogP contribution >= 0.6 is 0 Å². The fraction of sp³-hybridized carbons (Fsp3) is 0.917. The van der Waals surface area contributed by atoms with E-state index in [9.17, 15) is 9.59 Å². The van der Waals surface area contributed by atoms with Gasteiger partial charge in [0.25, 0.3) is 0 Å². The monoisotopic (exact) mass is 422 g/mol. The molecule has 0 aromatic carbocycles. The first-order valence-corrected chi connectivity index (χ1v) is 12.2. The van der Waals surface area contributed by atoms with Gasteiger partial charge in [-0.15, -0.1) is 0 Å². The molecule has 0 spiro atoms. The van der Waals surface area contributed by atoms with Gasteiger partial charge in [0.1, 0.15) is 0 Å². The zero-order valence-electron chi connectivity index (χ0n) is 19.2. The Balaban J connectivity index is 1.64. The SMILES string of the molecule is COCCN(C(=O)C1CCCC(C(=O)N(CCOC)C2CCCC2)C1)C1CCCC1. The van der Waals surface area contributed by atoms with Gasteiger partial charge in [0, 0.05) is 51.2 Å². The third kappa shape index (κ3) is 5.97. The quantitative estimate of drug-likeness (QED) is 0.539. The van der Waals surface area contributed by atoms with Gasteiger partial charge in [-0.1, -0.05) is 32.1 Å². The Morgan fingerprint density at radius 1 is 0.667 bits per heavy atom. The molecular weight excluding hydrogens is 380 g/mol. The fourth-order valence-electron chi connectivity index (χ4n) is 5.86. The maximum atomic E-state index is 13.5. The van der Waals surface area contributed by atoms with Crippen molar-refractivity contribution < 1.29 is 19.1 Å². The summed E-state index contributed by atoms with van der Waals surface area (Å²) in [5, 5.41) is 0. The second-order valence-electron chi connectivity index (χ2n) is 9.49. The summed E-state index contributed by atoms with van der Waals surface area (Å²) in [4.78, 5) is 31.1. The number of hydrogen-bond donors (Lipinski definition) is 0. The number of methoxy groups -OCH3 is 2. The van der Waals surface area contributed by atoms with E-state index in [-0.39, 0.29) is 23.7 Å². The average molecular weight is 423 g/mol. The summed E-state index contributed by atoms with van der Waals surface area (Å²) < 4.78 is 10.6. The van der Waals surface area contributed by atoms with E-state index in [4.69, 9.17) is 9.47 Å². The van der Waals surface area contributed by atoms with Crippen LogP contribution in [-0.2, 0) is 19.1 Å². The summed E-state index contributed by atoms with van der Waals surface area (Å²) in [6.45, 7) is 2.53. The van der Waals surface area contributed by atoms with E-state index in [0.29, 0.717) is 44.8 Å². The van der Waals surface area contributed by atoms with E-state index < -0.39 is 0 Å². The summed E-state index contributed by atoms with van der Waals surface area (Å²) in [5.41, 5.74) is 0. The van der Waals surface area contributed by atoms with Crippen LogP contribution in [0.4, 0.5) is 0 Å². The number of rotatable bonds is 10. The molecule has 172 valence electrons.